The van der Waals surface area contributed by atoms with Gasteiger partial charge in [-0.25, -0.2) is 0 Å². The standard InChI is InChI=1S/C18H29N/c1-15(2)13-19-14-18(10-4-5-11-18)12-17-8-6-16(3)7-9-17/h6-9,15,19H,4-5,10-14H2,1-3H3. The molecule has 106 valence electrons. The third-order valence-electron chi connectivity index (χ3n) is 4.42. The van der Waals surface area contributed by atoms with Crippen molar-refractivity contribution in [2.75, 3.05) is 13.1 Å². The summed E-state index contributed by atoms with van der Waals surface area (Å²) in [4.78, 5) is 0. The van der Waals surface area contributed by atoms with Gasteiger partial charge in [0.05, 0.1) is 0 Å². The molecule has 0 bridgehead atoms. The van der Waals surface area contributed by atoms with Crippen molar-refractivity contribution in [3.63, 3.8) is 0 Å². The van der Waals surface area contributed by atoms with E-state index < -0.39 is 0 Å². The molecule has 0 heterocycles. The fraction of sp³-hybridized carbons (Fsp3) is 0.667. The highest BCUT2D eigenvalue weighted by Crippen LogP contribution is 2.40. The van der Waals surface area contributed by atoms with E-state index in [9.17, 15) is 0 Å². The second kappa shape index (κ2) is 6.56. The smallest absolute Gasteiger partial charge is 0.00111 e. The van der Waals surface area contributed by atoms with Gasteiger partial charge in [-0.1, -0.05) is 56.5 Å². The van der Waals surface area contributed by atoms with Gasteiger partial charge in [0, 0.05) is 6.54 Å². The quantitative estimate of drug-likeness (QED) is 0.801. The Morgan fingerprint density at radius 2 is 1.74 bits per heavy atom. The summed E-state index contributed by atoms with van der Waals surface area (Å²) in [6.07, 6.45) is 6.86. The molecule has 0 radical (unpaired) electrons. The number of benzene rings is 1. The van der Waals surface area contributed by atoms with Crippen molar-refractivity contribution in [3.05, 3.63) is 35.4 Å². The maximum atomic E-state index is 3.70. The van der Waals surface area contributed by atoms with Gasteiger partial charge in [0.1, 0.15) is 0 Å². The minimum absolute atomic E-state index is 0.518. The van der Waals surface area contributed by atoms with Gasteiger partial charge in [-0.15, -0.1) is 0 Å². The van der Waals surface area contributed by atoms with Crippen LogP contribution in [0.3, 0.4) is 0 Å². The fourth-order valence-corrected chi connectivity index (χ4v) is 3.31. The molecule has 1 saturated carbocycles. The van der Waals surface area contributed by atoms with Crippen LogP contribution in [0.25, 0.3) is 0 Å². The number of rotatable bonds is 6. The zero-order chi connectivity index (χ0) is 13.7. The zero-order valence-corrected chi connectivity index (χ0v) is 12.8. The Labute approximate surface area is 118 Å². The first-order chi connectivity index (χ1) is 9.10. The molecule has 0 saturated heterocycles. The van der Waals surface area contributed by atoms with Crippen LogP contribution in [0.4, 0.5) is 0 Å². The molecule has 0 aliphatic heterocycles. The Morgan fingerprint density at radius 1 is 1.11 bits per heavy atom. The molecular formula is C18H29N. The highest BCUT2D eigenvalue weighted by molar-refractivity contribution is 5.22. The molecule has 1 aliphatic rings. The van der Waals surface area contributed by atoms with E-state index in [-0.39, 0.29) is 0 Å². The van der Waals surface area contributed by atoms with Gasteiger partial charge in [0.25, 0.3) is 0 Å². The molecule has 1 aromatic carbocycles. The van der Waals surface area contributed by atoms with Crippen LogP contribution in [0.2, 0.25) is 0 Å². The second-order valence-electron chi connectivity index (χ2n) is 6.89. The van der Waals surface area contributed by atoms with E-state index in [1.165, 1.54) is 49.8 Å². The van der Waals surface area contributed by atoms with Crippen molar-refractivity contribution in [1.82, 2.24) is 5.32 Å². The first kappa shape index (κ1) is 14.6. The molecule has 1 fully saturated rings. The molecule has 1 heteroatoms. The monoisotopic (exact) mass is 259 g/mol. The van der Waals surface area contributed by atoms with Gasteiger partial charge < -0.3 is 5.32 Å². The Balaban J connectivity index is 1.96. The first-order valence-corrected chi connectivity index (χ1v) is 7.86. The van der Waals surface area contributed by atoms with E-state index in [4.69, 9.17) is 0 Å². The zero-order valence-electron chi connectivity index (χ0n) is 12.8. The third kappa shape index (κ3) is 4.35. The average molecular weight is 259 g/mol. The van der Waals surface area contributed by atoms with E-state index >= 15 is 0 Å². The van der Waals surface area contributed by atoms with Crippen LogP contribution in [0, 0.1) is 18.3 Å². The number of hydrogen-bond acceptors (Lipinski definition) is 1. The molecule has 1 nitrogen and oxygen atoms in total. The predicted molar refractivity (Wildman–Crippen MR) is 83.5 cm³/mol. The Kier molecular flexibility index (Phi) is 5.04. The molecule has 1 N–H and O–H groups in total. The Hall–Kier alpha value is -0.820. The summed E-state index contributed by atoms with van der Waals surface area (Å²) in [5.41, 5.74) is 3.39. The van der Waals surface area contributed by atoms with E-state index in [0.717, 1.165) is 12.5 Å². The summed E-state index contributed by atoms with van der Waals surface area (Å²) in [6.45, 7) is 9.08. The van der Waals surface area contributed by atoms with Gasteiger partial charge >= 0.3 is 0 Å². The van der Waals surface area contributed by atoms with E-state index in [1.807, 2.05) is 0 Å². The summed E-state index contributed by atoms with van der Waals surface area (Å²) in [6, 6.07) is 9.13. The van der Waals surface area contributed by atoms with Gasteiger partial charge in [-0.3, -0.25) is 0 Å². The minimum atomic E-state index is 0.518. The lowest BCUT2D eigenvalue weighted by Gasteiger charge is -2.30. The number of hydrogen-bond donors (Lipinski definition) is 1. The normalized spacial score (nSPS) is 18.1. The Morgan fingerprint density at radius 3 is 2.32 bits per heavy atom. The lowest BCUT2D eigenvalue weighted by Crippen LogP contribution is -2.35. The average Bonchev–Trinajstić information content (AvgIpc) is 2.81. The van der Waals surface area contributed by atoms with Crippen LogP contribution < -0.4 is 5.32 Å². The number of aryl methyl sites for hydroxylation is 1. The molecule has 0 aromatic heterocycles. The van der Waals surface area contributed by atoms with Crippen molar-refractivity contribution in [3.8, 4) is 0 Å². The summed E-state index contributed by atoms with van der Waals surface area (Å²) in [5, 5.41) is 3.70. The van der Waals surface area contributed by atoms with Crippen LogP contribution in [-0.2, 0) is 6.42 Å². The van der Waals surface area contributed by atoms with Crippen LogP contribution in [0.5, 0.6) is 0 Å². The number of nitrogens with one attached hydrogen (secondary N) is 1. The maximum Gasteiger partial charge on any atom is 0.00111 e. The molecule has 0 atom stereocenters. The van der Waals surface area contributed by atoms with E-state index in [2.05, 4.69) is 50.4 Å². The predicted octanol–water partition coefficient (Wildman–Crippen LogP) is 4.34. The topological polar surface area (TPSA) is 12.0 Å². The van der Waals surface area contributed by atoms with Gasteiger partial charge in [0.15, 0.2) is 0 Å². The van der Waals surface area contributed by atoms with Crippen molar-refractivity contribution >= 4 is 0 Å². The SMILES string of the molecule is Cc1ccc(CC2(CNCC(C)C)CCCC2)cc1. The van der Waals surface area contributed by atoms with Gasteiger partial charge in [-0.2, -0.15) is 0 Å². The van der Waals surface area contributed by atoms with Gasteiger partial charge in [0.2, 0.25) is 0 Å². The van der Waals surface area contributed by atoms with Crippen LogP contribution >= 0.6 is 0 Å². The summed E-state index contributed by atoms with van der Waals surface area (Å²) >= 11 is 0. The fourth-order valence-electron chi connectivity index (χ4n) is 3.31. The van der Waals surface area contributed by atoms with Crippen LogP contribution in [0.1, 0.15) is 50.7 Å². The lowest BCUT2D eigenvalue weighted by atomic mass is 9.79. The third-order valence-corrected chi connectivity index (χ3v) is 4.42. The highest BCUT2D eigenvalue weighted by Gasteiger charge is 2.33. The van der Waals surface area contributed by atoms with E-state index in [0.29, 0.717) is 5.41 Å². The molecule has 1 aliphatic carbocycles. The second-order valence-corrected chi connectivity index (χ2v) is 6.89. The van der Waals surface area contributed by atoms with Crippen LogP contribution in [-0.4, -0.2) is 13.1 Å². The summed E-state index contributed by atoms with van der Waals surface area (Å²) in [5.74, 6) is 0.748. The van der Waals surface area contributed by atoms with Crippen molar-refractivity contribution in [2.45, 2.75) is 52.9 Å². The van der Waals surface area contributed by atoms with Crippen molar-refractivity contribution in [2.24, 2.45) is 11.3 Å². The largest absolute Gasteiger partial charge is 0.316 e. The summed E-state index contributed by atoms with van der Waals surface area (Å²) in [7, 11) is 0. The molecule has 1 aromatic rings. The minimum Gasteiger partial charge on any atom is -0.316 e. The molecule has 0 spiro atoms. The maximum absolute atomic E-state index is 3.70. The molecule has 0 unspecified atom stereocenters. The molecule has 19 heavy (non-hydrogen) atoms. The molecule has 2 rings (SSSR count). The lowest BCUT2D eigenvalue weighted by molar-refractivity contribution is 0.273. The van der Waals surface area contributed by atoms with Gasteiger partial charge in [-0.05, 0) is 49.6 Å². The van der Waals surface area contributed by atoms with Crippen LogP contribution in [0.15, 0.2) is 24.3 Å². The first-order valence-electron chi connectivity index (χ1n) is 7.86. The highest BCUT2D eigenvalue weighted by atomic mass is 14.9. The van der Waals surface area contributed by atoms with Crippen molar-refractivity contribution < 1.29 is 0 Å². The Bertz CT molecular complexity index is 371. The molecular weight excluding hydrogens is 230 g/mol. The summed E-state index contributed by atoms with van der Waals surface area (Å²) < 4.78 is 0. The van der Waals surface area contributed by atoms with Crippen molar-refractivity contribution in [1.29, 1.82) is 0 Å². The molecule has 0 amide bonds. The van der Waals surface area contributed by atoms with E-state index in [1.54, 1.807) is 0 Å².